The monoisotopic (exact) mass is 816 g/mol. The van der Waals surface area contributed by atoms with Crippen LogP contribution in [-0.4, -0.2) is 49.9 Å². The lowest BCUT2D eigenvalue weighted by Crippen LogP contribution is -2.28. The Balaban J connectivity index is 3.79. The van der Waals surface area contributed by atoms with Crippen LogP contribution < -0.4 is 5.73 Å². The number of esters is 1. The third-order valence-corrected chi connectivity index (χ3v) is 11.7. The molecule has 334 valence electrons. The predicted molar refractivity (Wildman–Crippen MR) is 238 cm³/mol. The number of hydrogen-bond donors (Lipinski definition) is 2. The molecule has 0 heterocycles. The summed E-state index contributed by atoms with van der Waals surface area (Å²) in [6, 6.07) is 0. The molecule has 2 unspecified atom stereocenters. The molecule has 8 nitrogen and oxygen atoms in total. The zero-order valence-electron chi connectivity index (χ0n) is 37.1. The van der Waals surface area contributed by atoms with Crippen molar-refractivity contribution in [2.45, 2.75) is 251 Å². The maximum absolute atomic E-state index is 12.5. The minimum atomic E-state index is -4.27. The maximum atomic E-state index is 12.5. The quantitative estimate of drug-likeness (QED) is 0.0270. The average Bonchev–Trinajstić information content (AvgIpc) is 3.19. The van der Waals surface area contributed by atoms with Gasteiger partial charge in [0.2, 0.25) is 0 Å². The van der Waals surface area contributed by atoms with Crippen molar-refractivity contribution in [3.05, 3.63) is 12.2 Å². The van der Waals surface area contributed by atoms with Crippen LogP contribution in [-0.2, 0) is 27.9 Å². The summed E-state index contributed by atoms with van der Waals surface area (Å²) >= 11 is 0. The summed E-state index contributed by atoms with van der Waals surface area (Å²) in [7, 11) is -4.27. The van der Waals surface area contributed by atoms with Crippen molar-refractivity contribution in [1.29, 1.82) is 0 Å². The maximum Gasteiger partial charge on any atom is 0.472 e. The molecule has 0 rings (SSSR count). The van der Waals surface area contributed by atoms with Gasteiger partial charge in [0.1, 0.15) is 6.10 Å². The van der Waals surface area contributed by atoms with Crippen molar-refractivity contribution < 1.29 is 32.8 Å². The first-order chi connectivity index (χ1) is 27.4. The lowest BCUT2D eigenvalue weighted by molar-refractivity contribution is -0.154. The van der Waals surface area contributed by atoms with Gasteiger partial charge in [-0.25, -0.2) is 4.57 Å². The number of hydrogen-bond acceptors (Lipinski definition) is 7. The molecule has 0 spiro atoms. The van der Waals surface area contributed by atoms with E-state index in [1.807, 2.05) is 0 Å². The van der Waals surface area contributed by atoms with Gasteiger partial charge >= 0.3 is 13.8 Å². The van der Waals surface area contributed by atoms with E-state index in [1.54, 1.807) is 0 Å². The van der Waals surface area contributed by atoms with Gasteiger partial charge in [0.05, 0.1) is 19.8 Å². The number of rotatable bonds is 47. The summed E-state index contributed by atoms with van der Waals surface area (Å²) < 4.78 is 33.4. The van der Waals surface area contributed by atoms with Gasteiger partial charge in [-0.15, -0.1) is 0 Å². The SMILES string of the molecule is CCCC/C=C\CCCCCCCC(=O)OC(COCCCCCCCCCCCCCCCCCCCCCCCCCCCC)COP(=O)(O)OCCN. The minimum Gasteiger partial charge on any atom is -0.457 e. The van der Waals surface area contributed by atoms with E-state index in [1.165, 1.54) is 180 Å². The molecule has 0 bridgehead atoms. The molecule has 3 N–H and O–H groups in total. The normalized spacial score (nSPS) is 13.4. The van der Waals surface area contributed by atoms with Gasteiger partial charge in [0, 0.05) is 19.6 Å². The van der Waals surface area contributed by atoms with Gasteiger partial charge in [0.25, 0.3) is 0 Å². The van der Waals surface area contributed by atoms with Crippen molar-refractivity contribution in [3.8, 4) is 0 Å². The fourth-order valence-electron chi connectivity index (χ4n) is 7.10. The first kappa shape index (κ1) is 55.2. The van der Waals surface area contributed by atoms with Crippen molar-refractivity contribution in [2.75, 3.05) is 33.0 Å². The Hall–Kier alpha value is -0.760. The Labute approximate surface area is 347 Å². The van der Waals surface area contributed by atoms with Crippen LogP contribution in [0.2, 0.25) is 0 Å². The van der Waals surface area contributed by atoms with E-state index in [0.29, 0.717) is 13.0 Å². The summed E-state index contributed by atoms with van der Waals surface area (Å²) in [5.41, 5.74) is 5.37. The number of carbonyl (C=O) groups is 1. The Morgan fingerprint density at radius 1 is 0.518 bits per heavy atom. The average molecular weight is 816 g/mol. The zero-order chi connectivity index (χ0) is 40.9. The molecule has 0 aliphatic carbocycles. The second-order valence-corrected chi connectivity index (χ2v) is 17.8. The molecular weight excluding hydrogens is 721 g/mol. The fourth-order valence-corrected chi connectivity index (χ4v) is 7.86. The second-order valence-electron chi connectivity index (χ2n) is 16.3. The van der Waals surface area contributed by atoms with Crippen molar-refractivity contribution in [3.63, 3.8) is 0 Å². The highest BCUT2D eigenvalue weighted by atomic mass is 31.2. The molecule has 2 atom stereocenters. The number of unbranched alkanes of at least 4 members (excludes halogenated alkanes) is 32. The Morgan fingerprint density at radius 2 is 0.911 bits per heavy atom. The van der Waals surface area contributed by atoms with E-state index in [-0.39, 0.29) is 32.3 Å². The lowest BCUT2D eigenvalue weighted by atomic mass is 10.0. The molecule has 0 aromatic heterocycles. The van der Waals surface area contributed by atoms with Crippen LogP contribution in [0.15, 0.2) is 12.2 Å². The van der Waals surface area contributed by atoms with Gasteiger partial charge in [-0.3, -0.25) is 13.8 Å². The number of allylic oxidation sites excluding steroid dienone is 2. The largest absolute Gasteiger partial charge is 0.472 e. The third-order valence-electron chi connectivity index (χ3n) is 10.7. The van der Waals surface area contributed by atoms with E-state index < -0.39 is 13.9 Å². The molecule has 0 aliphatic rings. The molecule has 0 radical (unpaired) electrons. The lowest BCUT2D eigenvalue weighted by Gasteiger charge is -2.20. The van der Waals surface area contributed by atoms with E-state index >= 15 is 0 Å². The van der Waals surface area contributed by atoms with Gasteiger partial charge in [0.15, 0.2) is 0 Å². The number of nitrogens with two attached hydrogens (primary N) is 1. The van der Waals surface area contributed by atoms with Gasteiger partial charge in [-0.2, -0.15) is 0 Å². The van der Waals surface area contributed by atoms with Crippen molar-refractivity contribution >= 4 is 13.8 Å². The molecule has 9 heteroatoms. The summed E-state index contributed by atoms with van der Waals surface area (Å²) in [6.07, 6.45) is 49.7. The Bertz CT molecular complexity index is 873. The first-order valence-electron chi connectivity index (χ1n) is 24.2. The first-order valence-corrected chi connectivity index (χ1v) is 25.7. The smallest absolute Gasteiger partial charge is 0.457 e. The molecule has 0 aromatic carbocycles. The Kier molecular flexibility index (Phi) is 44.7. The Morgan fingerprint density at radius 3 is 1.36 bits per heavy atom. The van der Waals surface area contributed by atoms with Gasteiger partial charge in [-0.05, 0) is 32.1 Å². The van der Waals surface area contributed by atoms with Gasteiger partial charge in [-0.1, -0.05) is 219 Å². The van der Waals surface area contributed by atoms with Crippen LogP contribution in [0.5, 0.6) is 0 Å². The van der Waals surface area contributed by atoms with Crippen LogP contribution in [0.1, 0.15) is 245 Å². The topological polar surface area (TPSA) is 117 Å². The minimum absolute atomic E-state index is 0.0938. The predicted octanol–water partition coefficient (Wildman–Crippen LogP) is 14.6. The zero-order valence-corrected chi connectivity index (χ0v) is 38.0. The molecule has 0 aromatic rings. The summed E-state index contributed by atoms with van der Waals surface area (Å²) in [6.45, 7) is 4.92. The summed E-state index contributed by atoms with van der Waals surface area (Å²) in [5.74, 6) is -0.336. The molecule has 0 saturated heterocycles. The standard InChI is InChI=1S/C47H94NO7P/c1-3-5-7-9-11-13-15-16-17-18-19-20-21-22-23-24-25-26-27-28-29-31-33-35-37-39-42-52-44-46(45-54-56(50,51)53-43-41-48)55-47(49)40-38-36-34-32-30-14-12-10-8-6-4-2/h10,12,46H,3-9,11,13-45,48H2,1-2H3,(H,50,51)/b12-10-. The van der Waals surface area contributed by atoms with Crippen LogP contribution in [0.25, 0.3) is 0 Å². The number of phosphoric ester groups is 1. The number of carbonyl (C=O) groups excluding carboxylic acids is 1. The highest BCUT2D eigenvalue weighted by Crippen LogP contribution is 2.43. The van der Waals surface area contributed by atoms with E-state index in [2.05, 4.69) is 26.0 Å². The van der Waals surface area contributed by atoms with Crippen LogP contribution >= 0.6 is 7.82 Å². The van der Waals surface area contributed by atoms with E-state index in [0.717, 1.165) is 44.9 Å². The van der Waals surface area contributed by atoms with Crippen LogP contribution in [0, 0.1) is 0 Å². The number of phosphoric acid groups is 1. The molecular formula is C47H94NO7P. The van der Waals surface area contributed by atoms with E-state index in [4.69, 9.17) is 24.3 Å². The highest BCUT2D eigenvalue weighted by Gasteiger charge is 2.25. The van der Waals surface area contributed by atoms with E-state index in [9.17, 15) is 14.3 Å². The third kappa shape index (κ3) is 44.3. The van der Waals surface area contributed by atoms with Crippen molar-refractivity contribution in [2.24, 2.45) is 5.73 Å². The van der Waals surface area contributed by atoms with Crippen molar-refractivity contribution in [1.82, 2.24) is 0 Å². The van der Waals surface area contributed by atoms with Gasteiger partial charge < -0.3 is 20.1 Å². The molecule has 0 amide bonds. The second kappa shape index (κ2) is 45.3. The highest BCUT2D eigenvalue weighted by molar-refractivity contribution is 7.47. The van der Waals surface area contributed by atoms with Crippen LogP contribution in [0.3, 0.4) is 0 Å². The fraction of sp³-hybridized carbons (Fsp3) is 0.936. The molecule has 0 saturated carbocycles. The summed E-state index contributed by atoms with van der Waals surface area (Å²) in [4.78, 5) is 22.4. The molecule has 56 heavy (non-hydrogen) atoms. The van der Waals surface area contributed by atoms with Crippen LogP contribution in [0.4, 0.5) is 0 Å². The number of ether oxygens (including phenoxy) is 2. The molecule has 0 aliphatic heterocycles. The summed E-state index contributed by atoms with van der Waals surface area (Å²) in [5, 5.41) is 0. The molecule has 0 fully saturated rings.